The molecule has 74 valence electrons. The molecule has 0 saturated carbocycles. The predicted octanol–water partition coefficient (Wildman–Crippen LogP) is 0.255. The third kappa shape index (κ3) is 2.77. The molecule has 13 heavy (non-hydrogen) atoms. The lowest BCUT2D eigenvalue weighted by atomic mass is 10.6. The highest BCUT2D eigenvalue weighted by Crippen LogP contribution is 2.06. The van der Waals surface area contributed by atoms with Crippen molar-refractivity contribution in [3.8, 4) is 0 Å². The van der Waals surface area contributed by atoms with Gasteiger partial charge in [-0.1, -0.05) is 15.9 Å². The molecule has 0 aliphatic heterocycles. The molecule has 5 nitrogen and oxygen atoms in total. The molecule has 0 atom stereocenters. The Hall–Kier alpha value is -0.430. The number of nitrogens with zero attached hydrogens (tertiary/aromatic N) is 3. The summed E-state index contributed by atoms with van der Waals surface area (Å²) in [4.78, 5) is 0. The van der Waals surface area contributed by atoms with Gasteiger partial charge in [-0.05, 0) is 0 Å². The first-order chi connectivity index (χ1) is 5.94. The second-order valence-corrected chi connectivity index (χ2v) is 5.50. The Morgan fingerprint density at radius 3 is 2.31 bits per heavy atom. The van der Waals surface area contributed by atoms with Gasteiger partial charge in [0.1, 0.15) is 17.4 Å². The van der Waals surface area contributed by atoms with Gasteiger partial charge in [-0.15, -0.1) is 10.2 Å². The Labute approximate surface area is 85.2 Å². The van der Waals surface area contributed by atoms with Crippen molar-refractivity contribution in [1.82, 2.24) is 14.8 Å². The molecule has 1 aromatic rings. The SMILES string of the molecule is Cn1c(CBr)nnc1CS(C)(=O)=O. The van der Waals surface area contributed by atoms with Crippen LogP contribution in [0.2, 0.25) is 0 Å². The zero-order valence-electron chi connectivity index (χ0n) is 7.36. The summed E-state index contributed by atoms with van der Waals surface area (Å²) in [5.74, 6) is 1.12. The highest BCUT2D eigenvalue weighted by molar-refractivity contribution is 9.08. The maximum Gasteiger partial charge on any atom is 0.154 e. The maximum absolute atomic E-state index is 11.0. The molecule has 0 saturated heterocycles. The molecule has 0 bridgehead atoms. The van der Waals surface area contributed by atoms with Gasteiger partial charge in [-0.25, -0.2) is 8.42 Å². The minimum atomic E-state index is -3.03. The number of alkyl halides is 1. The summed E-state index contributed by atoms with van der Waals surface area (Å²) in [5, 5.41) is 8.17. The van der Waals surface area contributed by atoms with Crippen molar-refractivity contribution in [2.75, 3.05) is 6.26 Å². The third-order valence-corrected chi connectivity index (χ3v) is 2.85. The summed E-state index contributed by atoms with van der Waals surface area (Å²) >= 11 is 3.23. The maximum atomic E-state index is 11.0. The van der Waals surface area contributed by atoms with Gasteiger partial charge >= 0.3 is 0 Å². The number of halogens is 1. The van der Waals surface area contributed by atoms with Gasteiger partial charge in [0, 0.05) is 13.3 Å². The van der Waals surface area contributed by atoms with Crippen LogP contribution in [-0.2, 0) is 28.0 Å². The Bertz CT molecular complexity index is 398. The second kappa shape index (κ2) is 3.75. The van der Waals surface area contributed by atoms with E-state index in [2.05, 4.69) is 26.1 Å². The average Bonchev–Trinajstić information content (AvgIpc) is 2.30. The minimum absolute atomic E-state index is 0.0660. The monoisotopic (exact) mass is 267 g/mol. The number of aromatic nitrogens is 3. The van der Waals surface area contributed by atoms with E-state index in [1.54, 1.807) is 11.6 Å². The zero-order valence-corrected chi connectivity index (χ0v) is 9.76. The summed E-state index contributed by atoms with van der Waals surface area (Å²) in [6.07, 6.45) is 1.18. The van der Waals surface area contributed by atoms with Crippen LogP contribution < -0.4 is 0 Å². The zero-order chi connectivity index (χ0) is 10.1. The van der Waals surface area contributed by atoms with Crippen molar-refractivity contribution in [2.45, 2.75) is 11.1 Å². The third-order valence-electron chi connectivity index (χ3n) is 1.57. The highest BCUT2D eigenvalue weighted by atomic mass is 79.9. The van der Waals surface area contributed by atoms with E-state index in [0.717, 1.165) is 5.82 Å². The number of sulfone groups is 1. The summed E-state index contributed by atoms with van der Waals surface area (Å²) in [7, 11) is -1.29. The van der Waals surface area contributed by atoms with Gasteiger partial charge < -0.3 is 4.57 Å². The van der Waals surface area contributed by atoms with Gasteiger partial charge in [0.2, 0.25) is 0 Å². The number of hydrogen-bond donors (Lipinski definition) is 0. The van der Waals surface area contributed by atoms with Crippen LogP contribution in [-0.4, -0.2) is 29.4 Å². The molecule has 0 fully saturated rings. The van der Waals surface area contributed by atoms with E-state index in [9.17, 15) is 8.42 Å². The van der Waals surface area contributed by atoms with Crippen LogP contribution >= 0.6 is 15.9 Å². The van der Waals surface area contributed by atoms with Gasteiger partial charge in [0.05, 0.1) is 5.33 Å². The van der Waals surface area contributed by atoms with Crippen LogP contribution in [0.25, 0.3) is 0 Å². The van der Waals surface area contributed by atoms with Crippen LogP contribution in [0, 0.1) is 0 Å². The number of hydrogen-bond acceptors (Lipinski definition) is 4. The van der Waals surface area contributed by atoms with Crippen molar-refractivity contribution in [3.05, 3.63) is 11.6 Å². The summed E-state index contributed by atoms with van der Waals surface area (Å²) in [6, 6.07) is 0. The largest absolute Gasteiger partial charge is 0.317 e. The minimum Gasteiger partial charge on any atom is -0.317 e. The molecular weight excluding hydrogens is 258 g/mol. The molecule has 1 rings (SSSR count). The van der Waals surface area contributed by atoms with Crippen LogP contribution in [0.5, 0.6) is 0 Å². The lowest BCUT2D eigenvalue weighted by molar-refractivity contribution is 0.598. The van der Waals surface area contributed by atoms with Crippen LogP contribution in [0.15, 0.2) is 0 Å². The predicted molar refractivity (Wildman–Crippen MR) is 52.2 cm³/mol. The fraction of sp³-hybridized carbons (Fsp3) is 0.667. The van der Waals surface area contributed by atoms with Crippen molar-refractivity contribution in [3.63, 3.8) is 0 Å². The van der Waals surface area contributed by atoms with Crippen molar-refractivity contribution < 1.29 is 8.42 Å². The van der Waals surface area contributed by atoms with E-state index in [1.165, 1.54) is 6.26 Å². The van der Waals surface area contributed by atoms with Gasteiger partial charge in [-0.3, -0.25) is 0 Å². The highest BCUT2D eigenvalue weighted by Gasteiger charge is 2.12. The molecule has 0 spiro atoms. The van der Waals surface area contributed by atoms with E-state index in [1.807, 2.05) is 0 Å². The Balaban J connectivity index is 2.97. The van der Waals surface area contributed by atoms with Crippen molar-refractivity contribution >= 4 is 25.8 Å². The Morgan fingerprint density at radius 1 is 1.38 bits per heavy atom. The Kier molecular flexibility index (Phi) is 3.07. The quantitative estimate of drug-likeness (QED) is 0.737. The molecule has 0 amide bonds. The van der Waals surface area contributed by atoms with Crippen LogP contribution in [0.3, 0.4) is 0 Å². The van der Waals surface area contributed by atoms with Crippen LogP contribution in [0.1, 0.15) is 11.6 Å². The van der Waals surface area contributed by atoms with E-state index in [4.69, 9.17) is 0 Å². The van der Waals surface area contributed by atoms with Gasteiger partial charge in [0.15, 0.2) is 9.84 Å². The fourth-order valence-electron chi connectivity index (χ4n) is 0.875. The van der Waals surface area contributed by atoms with Gasteiger partial charge in [0.25, 0.3) is 0 Å². The number of rotatable bonds is 3. The van der Waals surface area contributed by atoms with E-state index < -0.39 is 9.84 Å². The van der Waals surface area contributed by atoms with E-state index >= 15 is 0 Å². The molecule has 7 heteroatoms. The van der Waals surface area contributed by atoms with Crippen molar-refractivity contribution in [1.29, 1.82) is 0 Å². The molecule has 1 heterocycles. The van der Waals surface area contributed by atoms with E-state index in [0.29, 0.717) is 11.2 Å². The molecule has 0 unspecified atom stereocenters. The first-order valence-corrected chi connectivity index (χ1v) is 6.73. The van der Waals surface area contributed by atoms with E-state index in [-0.39, 0.29) is 5.75 Å². The molecule has 0 aliphatic carbocycles. The van der Waals surface area contributed by atoms with Gasteiger partial charge in [-0.2, -0.15) is 0 Å². The standard InChI is InChI=1S/C6H10BrN3O2S/c1-10-5(3-7)8-9-6(10)4-13(2,11)12/h3-4H2,1-2H3. The molecular formula is C6H10BrN3O2S. The molecule has 0 aromatic carbocycles. The first kappa shape index (κ1) is 10.6. The molecule has 1 aromatic heterocycles. The molecule has 0 N–H and O–H groups in total. The molecule has 0 radical (unpaired) electrons. The fourth-order valence-corrected chi connectivity index (χ4v) is 2.08. The van der Waals surface area contributed by atoms with Crippen LogP contribution in [0.4, 0.5) is 0 Å². The normalized spacial score (nSPS) is 11.9. The topological polar surface area (TPSA) is 64.8 Å². The summed E-state index contributed by atoms with van der Waals surface area (Å²) in [6.45, 7) is 0. The molecule has 0 aliphatic rings. The second-order valence-electron chi connectivity index (χ2n) is 2.80. The lowest BCUT2D eigenvalue weighted by Crippen LogP contribution is -2.07. The Morgan fingerprint density at radius 2 is 1.92 bits per heavy atom. The summed E-state index contributed by atoms with van der Waals surface area (Å²) < 4.78 is 23.6. The lowest BCUT2D eigenvalue weighted by Gasteiger charge is -1.99. The average molecular weight is 268 g/mol. The smallest absolute Gasteiger partial charge is 0.154 e. The first-order valence-electron chi connectivity index (χ1n) is 3.55. The summed E-state index contributed by atoms with van der Waals surface area (Å²) in [5.41, 5.74) is 0. The van der Waals surface area contributed by atoms with Crippen molar-refractivity contribution in [2.24, 2.45) is 7.05 Å².